The van der Waals surface area contributed by atoms with Crippen LogP contribution in [0, 0.1) is 0 Å². The number of thioether (sulfide) groups is 1. The molecule has 0 aliphatic rings. The molecule has 0 atom stereocenters. The van der Waals surface area contributed by atoms with Crippen LogP contribution in [0.25, 0.3) is 0 Å². The number of esters is 1. The summed E-state index contributed by atoms with van der Waals surface area (Å²) in [6, 6.07) is 4.05. The molecule has 0 aliphatic carbocycles. The summed E-state index contributed by atoms with van der Waals surface area (Å²) < 4.78 is 47.5. The zero-order valence-corrected chi connectivity index (χ0v) is 16.1. The van der Waals surface area contributed by atoms with Crippen LogP contribution in [-0.2, 0) is 22.3 Å². The first-order chi connectivity index (χ1) is 13.0. The molecule has 28 heavy (non-hydrogen) atoms. The van der Waals surface area contributed by atoms with Crippen LogP contribution in [-0.4, -0.2) is 33.4 Å². The van der Waals surface area contributed by atoms with E-state index in [4.69, 9.17) is 9.15 Å². The van der Waals surface area contributed by atoms with E-state index in [-0.39, 0.29) is 29.8 Å². The van der Waals surface area contributed by atoms with Gasteiger partial charge in [0.2, 0.25) is 5.89 Å². The second kappa shape index (κ2) is 8.63. The monoisotopic (exact) mass is 417 g/mol. The summed E-state index contributed by atoms with van der Waals surface area (Å²) in [4.78, 5) is 23.9. The van der Waals surface area contributed by atoms with Crippen molar-refractivity contribution in [3.63, 3.8) is 0 Å². The van der Waals surface area contributed by atoms with Crippen LogP contribution in [0.4, 0.5) is 13.2 Å². The molecule has 1 aromatic carbocycles. The molecule has 1 heterocycles. The fourth-order valence-corrected chi connectivity index (χ4v) is 2.81. The number of carbonyl (C=O) groups excluding carboxylic acids is 2. The van der Waals surface area contributed by atoms with Gasteiger partial charge in [0.15, 0.2) is 0 Å². The van der Waals surface area contributed by atoms with Crippen LogP contribution in [0.2, 0.25) is 0 Å². The molecule has 0 unspecified atom stereocenters. The van der Waals surface area contributed by atoms with Gasteiger partial charge in [0.05, 0.1) is 18.7 Å². The molecule has 2 rings (SSSR count). The first-order valence-electron chi connectivity index (χ1n) is 8.17. The van der Waals surface area contributed by atoms with Crippen molar-refractivity contribution in [1.29, 1.82) is 0 Å². The number of amides is 1. The standard InChI is InChI=1S/C17H18F3N3O4S/c1-4-26-14(25)16(2,3)28-15-23-22-12(27-15)9-21-13(24)10-6-5-7-11(8-10)17(18,19)20/h5-8H,4,9H2,1-3H3,(H,21,24). The zero-order chi connectivity index (χ0) is 20.9. The Balaban J connectivity index is 1.97. The Morgan fingerprint density at radius 1 is 1.25 bits per heavy atom. The third-order valence-electron chi connectivity index (χ3n) is 3.41. The van der Waals surface area contributed by atoms with Gasteiger partial charge in [-0.15, -0.1) is 10.2 Å². The van der Waals surface area contributed by atoms with E-state index in [1.807, 2.05) is 0 Å². The summed E-state index contributed by atoms with van der Waals surface area (Å²) in [6.07, 6.45) is -4.54. The number of nitrogens with zero attached hydrogens (tertiary/aromatic N) is 2. The zero-order valence-electron chi connectivity index (χ0n) is 15.3. The lowest BCUT2D eigenvalue weighted by Crippen LogP contribution is -2.30. The van der Waals surface area contributed by atoms with Crippen molar-refractivity contribution in [2.45, 2.75) is 43.5 Å². The van der Waals surface area contributed by atoms with Crippen LogP contribution >= 0.6 is 11.8 Å². The first-order valence-corrected chi connectivity index (χ1v) is 8.98. The number of hydrogen-bond donors (Lipinski definition) is 1. The van der Waals surface area contributed by atoms with E-state index in [1.165, 1.54) is 6.07 Å². The summed E-state index contributed by atoms with van der Waals surface area (Å²) >= 11 is 0.998. The molecule has 11 heteroatoms. The summed E-state index contributed by atoms with van der Waals surface area (Å²) in [7, 11) is 0. The third kappa shape index (κ3) is 5.72. The quantitative estimate of drug-likeness (QED) is 0.545. The summed E-state index contributed by atoms with van der Waals surface area (Å²) in [5.41, 5.74) is -1.06. The van der Waals surface area contributed by atoms with Gasteiger partial charge in [-0.05, 0) is 50.7 Å². The molecular weight excluding hydrogens is 399 g/mol. The molecule has 0 saturated carbocycles. The Labute approximate surface area is 163 Å². The van der Waals surface area contributed by atoms with Gasteiger partial charge in [0, 0.05) is 5.56 Å². The number of carbonyl (C=O) groups is 2. The maximum atomic E-state index is 12.7. The molecule has 1 amide bonds. The minimum atomic E-state index is -4.54. The van der Waals surface area contributed by atoms with Crippen LogP contribution in [0.15, 0.2) is 33.9 Å². The molecule has 0 bridgehead atoms. The smallest absolute Gasteiger partial charge is 0.416 e. The largest absolute Gasteiger partial charge is 0.465 e. The maximum absolute atomic E-state index is 12.7. The lowest BCUT2D eigenvalue weighted by atomic mass is 10.1. The van der Waals surface area contributed by atoms with Gasteiger partial charge in [-0.25, -0.2) is 0 Å². The Morgan fingerprint density at radius 3 is 2.61 bits per heavy atom. The lowest BCUT2D eigenvalue weighted by molar-refractivity contribution is -0.145. The van der Waals surface area contributed by atoms with Crippen molar-refractivity contribution >= 4 is 23.6 Å². The van der Waals surface area contributed by atoms with Crippen LogP contribution < -0.4 is 5.32 Å². The Morgan fingerprint density at radius 2 is 1.96 bits per heavy atom. The van der Waals surface area contributed by atoms with Crippen molar-refractivity contribution in [2.24, 2.45) is 0 Å². The summed E-state index contributed by atoms with van der Waals surface area (Å²) in [6.45, 7) is 5.02. The molecule has 2 aromatic rings. The van der Waals surface area contributed by atoms with E-state index >= 15 is 0 Å². The number of halogens is 3. The molecule has 1 aromatic heterocycles. The average molecular weight is 417 g/mol. The highest BCUT2D eigenvalue weighted by molar-refractivity contribution is 8.01. The fraction of sp³-hybridized carbons (Fsp3) is 0.412. The highest BCUT2D eigenvalue weighted by Gasteiger charge is 2.33. The van der Waals surface area contributed by atoms with E-state index < -0.39 is 28.4 Å². The molecule has 0 radical (unpaired) electrons. The van der Waals surface area contributed by atoms with Crippen molar-refractivity contribution < 1.29 is 31.9 Å². The third-order valence-corrected chi connectivity index (χ3v) is 4.43. The molecule has 0 fully saturated rings. The number of benzene rings is 1. The fourth-order valence-electron chi connectivity index (χ4n) is 2.01. The van der Waals surface area contributed by atoms with E-state index in [9.17, 15) is 22.8 Å². The number of ether oxygens (including phenoxy) is 1. The molecule has 1 N–H and O–H groups in total. The van der Waals surface area contributed by atoms with Crippen LogP contribution in [0.1, 0.15) is 42.6 Å². The SMILES string of the molecule is CCOC(=O)C(C)(C)Sc1nnc(CNC(=O)c2cccc(C(F)(F)F)c2)o1. The molecule has 7 nitrogen and oxygen atoms in total. The second-order valence-electron chi connectivity index (χ2n) is 6.06. The van der Waals surface area contributed by atoms with Crippen molar-refractivity contribution in [2.75, 3.05) is 6.61 Å². The minimum absolute atomic E-state index is 0.0440. The number of alkyl halides is 3. The van der Waals surface area contributed by atoms with Crippen molar-refractivity contribution in [3.8, 4) is 0 Å². The predicted octanol–water partition coefficient (Wildman–Crippen LogP) is 3.45. The van der Waals surface area contributed by atoms with Gasteiger partial charge in [0.25, 0.3) is 11.1 Å². The first kappa shape index (κ1) is 21.7. The van der Waals surface area contributed by atoms with Gasteiger partial charge in [-0.2, -0.15) is 13.2 Å². The Hall–Kier alpha value is -2.56. The minimum Gasteiger partial charge on any atom is -0.465 e. The van der Waals surface area contributed by atoms with Gasteiger partial charge in [-0.1, -0.05) is 6.07 Å². The Bertz CT molecular complexity index is 852. The topological polar surface area (TPSA) is 94.3 Å². The van der Waals surface area contributed by atoms with Crippen LogP contribution in [0.5, 0.6) is 0 Å². The van der Waals surface area contributed by atoms with E-state index in [0.717, 1.165) is 30.0 Å². The lowest BCUT2D eigenvalue weighted by Gasteiger charge is -2.18. The number of hydrogen-bond acceptors (Lipinski definition) is 7. The van der Waals surface area contributed by atoms with Crippen LogP contribution in [0.3, 0.4) is 0 Å². The molecular formula is C17H18F3N3O4S. The summed E-state index contributed by atoms with van der Waals surface area (Å²) in [5.74, 6) is -1.12. The highest BCUT2D eigenvalue weighted by atomic mass is 32.2. The molecule has 0 aliphatic heterocycles. The predicted molar refractivity (Wildman–Crippen MR) is 93.5 cm³/mol. The molecule has 0 spiro atoms. The second-order valence-corrected chi connectivity index (χ2v) is 7.63. The number of nitrogens with one attached hydrogen (secondary N) is 1. The van der Waals surface area contributed by atoms with Gasteiger partial charge < -0.3 is 14.5 Å². The highest BCUT2D eigenvalue weighted by Crippen LogP contribution is 2.32. The molecule has 152 valence electrons. The average Bonchev–Trinajstić information content (AvgIpc) is 3.06. The van der Waals surface area contributed by atoms with Crippen molar-refractivity contribution in [3.05, 3.63) is 41.3 Å². The maximum Gasteiger partial charge on any atom is 0.416 e. The number of rotatable bonds is 7. The van der Waals surface area contributed by atoms with E-state index in [0.29, 0.717) is 0 Å². The normalized spacial score (nSPS) is 11.9. The van der Waals surface area contributed by atoms with Gasteiger partial charge in [-0.3, -0.25) is 9.59 Å². The Kier molecular flexibility index (Phi) is 6.70. The molecule has 0 saturated heterocycles. The number of aromatic nitrogens is 2. The van der Waals surface area contributed by atoms with E-state index in [1.54, 1.807) is 20.8 Å². The van der Waals surface area contributed by atoms with Gasteiger partial charge >= 0.3 is 12.1 Å². The van der Waals surface area contributed by atoms with Crippen molar-refractivity contribution in [1.82, 2.24) is 15.5 Å². The van der Waals surface area contributed by atoms with Gasteiger partial charge in [0.1, 0.15) is 4.75 Å². The summed E-state index contributed by atoms with van der Waals surface area (Å²) in [5, 5.41) is 10.0. The van der Waals surface area contributed by atoms with E-state index in [2.05, 4.69) is 15.5 Å².